The third-order valence-corrected chi connectivity index (χ3v) is 6.46. The van der Waals surface area contributed by atoms with Crippen LogP contribution >= 0.6 is 0 Å². The van der Waals surface area contributed by atoms with E-state index in [1.165, 1.54) is 0 Å². The highest BCUT2D eigenvalue weighted by Gasteiger charge is 2.19. The molecule has 160 valence electrons. The molecule has 8 heteroatoms. The molecular formula is C23H22N2O5S. The molecule has 2 N–H and O–H groups in total. The first-order valence-electron chi connectivity index (χ1n) is 9.69. The summed E-state index contributed by atoms with van der Waals surface area (Å²) < 4.78 is 38.9. The zero-order chi connectivity index (χ0) is 22.0. The lowest BCUT2D eigenvalue weighted by molar-refractivity contribution is 0.0951. The van der Waals surface area contributed by atoms with Gasteiger partial charge in [-0.1, -0.05) is 24.3 Å². The monoisotopic (exact) mass is 438 g/mol. The molecule has 7 nitrogen and oxygen atoms in total. The number of benzene rings is 3. The average Bonchev–Trinajstić information content (AvgIpc) is 3.22. The maximum atomic E-state index is 12.9. The highest BCUT2D eigenvalue weighted by molar-refractivity contribution is 7.92. The summed E-state index contributed by atoms with van der Waals surface area (Å²) in [6.07, 6.45) is 0. The van der Waals surface area contributed by atoms with E-state index in [0.29, 0.717) is 11.5 Å². The van der Waals surface area contributed by atoms with E-state index >= 15 is 0 Å². The average molecular weight is 439 g/mol. The first-order valence-corrected chi connectivity index (χ1v) is 11.2. The van der Waals surface area contributed by atoms with E-state index in [9.17, 15) is 13.2 Å². The van der Waals surface area contributed by atoms with Crippen LogP contribution in [0.3, 0.4) is 0 Å². The van der Waals surface area contributed by atoms with E-state index < -0.39 is 15.9 Å². The number of sulfonamides is 1. The van der Waals surface area contributed by atoms with Crippen molar-refractivity contribution in [3.8, 4) is 11.5 Å². The van der Waals surface area contributed by atoms with Gasteiger partial charge in [-0.3, -0.25) is 9.52 Å². The normalized spacial score (nSPS) is 12.5. The summed E-state index contributed by atoms with van der Waals surface area (Å²) in [6, 6.07) is 16.8. The Bertz CT molecular complexity index is 1250. The fourth-order valence-electron chi connectivity index (χ4n) is 3.18. The molecule has 1 aliphatic heterocycles. The van der Waals surface area contributed by atoms with Gasteiger partial charge in [0.15, 0.2) is 11.5 Å². The molecule has 0 spiro atoms. The van der Waals surface area contributed by atoms with Crippen molar-refractivity contribution in [1.82, 2.24) is 5.32 Å². The molecule has 0 radical (unpaired) electrons. The predicted molar refractivity (Wildman–Crippen MR) is 117 cm³/mol. The van der Waals surface area contributed by atoms with Gasteiger partial charge in [-0.25, -0.2) is 8.42 Å². The summed E-state index contributed by atoms with van der Waals surface area (Å²) in [5, 5.41) is 2.82. The Morgan fingerprint density at radius 2 is 1.71 bits per heavy atom. The van der Waals surface area contributed by atoms with Crippen LogP contribution in [0.1, 0.15) is 27.0 Å². The fourth-order valence-corrected chi connectivity index (χ4v) is 4.35. The summed E-state index contributed by atoms with van der Waals surface area (Å²) in [5.41, 5.74) is 3.16. The van der Waals surface area contributed by atoms with E-state index in [4.69, 9.17) is 9.47 Å². The molecule has 0 saturated carbocycles. The summed E-state index contributed by atoms with van der Waals surface area (Å²) in [4.78, 5) is 12.9. The van der Waals surface area contributed by atoms with Crippen molar-refractivity contribution in [3.63, 3.8) is 0 Å². The van der Waals surface area contributed by atoms with Crippen LogP contribution in [0.25, 0.3) is 0 Å². The van der Waals surface area contributed by atoms with Crippen LogP contribution in [0.2, 0.25) is 0 Å². The maximum Gasteiger partial charge on any atom is 0.261 e. The summed E-state index contributed by atoms with van der Waals surface area (Å²) in [6.45, 7) is 4.21. The summed E-state index contributed by atoms with van der Waals surface area (Å²) in [5.74, 6) is 0.908. The second-order valence-electron chi connectivity index (χ2n) is 7.27. The zero-order valence-corrected chi connectivity index (χ0v) is 18.0. The Labute approximate surface area is 181 Å². The molecule has 0 aliphatic carbocycles. The molecule has 3 aromatic carbocycles. The molecule has 0 unspecified atom stereocenters. The number of para-hydroxylation sites is 1. The molecule has 0 fully saturated rings. The molecule has 0 atom stereocenters. The molecule has 1 heterocycles. The van der Waals surface area contributed by atoms with Crippen LogP contribution < -0.4 is 19.5 Å². The molecule has 1 aliphatic rings. The van der Waals surface area contributed by atoms with Gasteiger partial charge in [-0.15, -0.1) is 0 Å². The minimum atomic E-state index is -3.84. The van der Waals surface area contributed by atoms with Crippen LogP contribution in [0.4, 0.5) is 5.69 Å². The Hall–Kier alpha value is -3.52. The number of hydrogen-bond acceptors (Lipinski definition) is 5. The van der Waals surface area contributed by atoms with Crippen LogP contribution in [0.5, 0.6) is 11.5 Å². The van der Waals surface area contributed by atoms with Crippen LogP contribution in [0, 0.1) is 13.8 Å². The van der Waals surface area contributed by atoms with Crippen LogP contribution in [-0.2, 0) is 16.6 Å². The highest BCUT2D eigenvalue weighted by Crippen LogP contribution is 2.32. The number of fused-ring (bicyclic) bond motifs is 1. The molecule has 4 rings (SSSR count). The topological polar surface area (TPSA) is 93.7 Å². The van der Waals surface area contributed by atoms with Gasteiger partial charge in [0.1, 0.15) is 0 Å². The summed E-state index contributed by atoms with van der Waals surface area (Å²) >= 11 is 0. The molecule has 3 aromatic rings. The predicted octanol–water partition coefficient (Wildman–Crippen LogP) is 3.76. The Morgan fingerprint density at radius 1 is 0.935 bits per heavy atom. The number of amides is 1. The number of carbonyl (C=O) groups is 1. The number of aryl methyl sites for hydroxylation is 2. The molecule has 0 aromatic heterocycles. The van der Waals surface area contributed by atoms with Gasteiger partial charge in [0, 0.05) is 6.54 Å². The standard InChI is InChI=1S/C23H22N2O5S/c1-15-7-9-18(11-16(15)2)31(27,28)25-20-6-4-3-5-19(20)23(26)24-13-17-8-10-21-22(12-17)30-14-29-21/h3-12,25H,13-14H2,1-2H3,(H,24,26). The number of ether oxygens (including phenoxy) is 2. The highest BCUT2D eigenvalue weighted by atomic mass is 32.2. The van der Waals surface area contributed by atoms with Crippen molar-refractivity contribution in [2.45, 2.75) is 25.3 Å². The summed E-state index contributed by atoms with van der Waals surface area (Å²) in [7, 11) is -3.84. The maximum absolute atomic E-state index is 12.9. The lowest BCUT2D eigenvalue weighted by Gasteiger charge is -2.14. The molecule has 0 bridgehead atoms. The van der Waals surface area contributed by atoms with Crippen molar-refractivity contribution < 1.29 is 22.7 Å². The van der Waals surface area contributed by atoms with Gasteiger partial charge < -0.3 is 14.8 Å². The second kappa shape index (κ2) is 8.31. The van der Waals surface area contributed by atoms with E-state index in [2.05, 4.69) is 10.0 Å². The Balaban J connectivity index is 1.51. The van der Waals surface area contributed by atoms with Crippen molar-refractivity contribution >= 4 is 21.6 Å². The van der Waals surface area contributed by atoms with E-state index in [1.54, 1.807) is 54.6 Å². The van der Waals surface area contributed by atoms with Gasteiger partial charge in [0.05, 0.1) is 16.1 Å². The van der Waals surface area contributed by atoms with Crippen molar-refractivity contribution in [2.24, 2.45) is 0 Å². The van der Waals surface area contributed by atoms with Crippen LogP contribution in [0.15, 0.2) is 65.6 Å². The van der Waals surface area contributed by atoms with Crippen LogP contribution in [-0.4, -0.2) is 21.1 Å². The van der Waals surface area contributed by atoms with Crippen molar-refractivity contribution in [2.75, 3.05) is 11.5 Å². The third kappa shape index (κ3) is 4.49. The lowest BCUT2D eigenvalue weighted by Crippen LogP contribution is -2.25. The van der Waals surface area contributed by atoms with Gasteiger partial charge in [0.2, 0.25) is 6.79 Å². The van der Waals surface area contributed by atoms with Gasteiger partial charge in [-0.2, -0.15) is 0 Å². The fraction of sp³-hybridized carbons (Fsp3) is 0.174. The van der Waals surface area contributed by atoms with Gasteiger partial charge >= 0.3 is 0 Å². The molecule has 31 heavy (non-hydrogen) atoms. The number of rotatable bonds is 6. The first-order chi connectivity index (χ1) is 14.8. The van der Waals surface area contributed by atoms with Crippen molar-refractivity contribution in [1.29, 1.82) is 0 Å². The molecule has 1 amide bonds. The third-order valence-electron chi connectivity index (χ3n) is 5.09. The van der Waals surface area contributed by atoms with Gasteiger partial charge in [-0.05, 0) is 66.9 Å². The number of carbonyl (C=O) groups excluding carboxylic acids is 1. The first kappa shape index (κ1) is 20.7. The van der Waals surface area contributed by atoms with Gasteiger partial charge in [0.25, 0.3) is 15.9 Å². The SMILES string of the molecule is Cc1ccc(S(=O)(=O)Nc2ccccc2C(=O)NCc2ccc3c(c2)OCO3)cc1C. The number of hydrogen-bond donors (Lipinski definition) is 2. The second-order valence-corrected chi connectivity index (χ2v) is 8.95. The smallest absolute Gasteiger partial charge is 0.261 e. The number of nitrogens with one attached hydrogen (secondary N) is 2. The minimum absolute atomic E-state index is 0.145. The van der Waals surface area contributed by atoms with E-state index in [0.717, 1.165) is 16.7 Å². The molecule has 0 saturated heterocycles. The van der Waals surface area contributed by atoms with E-state index in [-0.39, 0.29) is 29.5 Å². The lowest BCUT2D eigenvalue weighted by atomic mass is 10.1. The zero-order valence-electron chi connectivity index (χ0n) is 17.1. The molecular weight excluding hydrogens is 416 g/mol. The largest absolute Gasteiger partial charge is 0.454 e. The van der Waals surface area contributed by atoms with Crippen molar-refractivity contribution in [3.05, 3.63) is 82.9 Å². The van der Waals surface area contributed by atoms with E-state index in [1.807, 2.05) is 19.9 Å². The quantitative estimate of drug-likeness (QED) is 0.611. The Morgan fingerprint density at radius 3 is 2.52 bits per heavy atom. The Kier molecular flexibility index (Phi) is 5.56. The number of anilines is 1. The minimum Gasteiger partial charge on any atom is -0.454 e.